The molecule has 8 aromatic carbocycles. The highest BCUT2D eigenvalue weighted by Gasteiger charge is 2.16. The molecule has 0 amide bonds. The summed E-state index contributed by atoms with van der Waals surface area (Å²) >= 11 is 0. The Morgan fingerprint density at radius 3 is 1.66 bits per heavy atom. The third-order valence-corrected chi connectivity index (χ3v) is 8.19. The molecule has 0 saturated carbocycles. The standard InChI is InChI=1S/C40H27N/c1-2-9-28(10-3-1)33-14-8-15-34(25-33)41(35-21-17-29-11-4-5-13-32(29)26-35)36-22-18-31-20-23-38-37-16-7-6-12-30(37)19-24-39(38)40(31)27-36/h1-27H. The molecule has 192 valence electrons. The van der Waals surface area contributed by atoms with Crippen LogP contribution >= 0.6 is 0 Å². The normalized spacial score (nSPS) is 11.4. The summed E-state index contributed by atoms with van der Waals surface area (Å²) in [6, 6.07) is 59.4. The topological polar surface area (TPSA) is 3.24 Å². The maximum Gasteiger partial charge on any atom is 0.0468 e. The second-order valence-corrected chi connectivity index (χ2v) is 10.6. The number of rotatable bonds is 4. The van der Waals surface area contributed by atoms with Crippen LogP contribution in [-0.4, -0.2) is 0 Å². The lowest BCUT2D eigenvalue weighted by atomic mass is 9.96. The van der Waals surface area contributed by atoms with E-state index in [4.69, 9.17) is 0 Å². The van der Waals surface area contributed by atoms with Crippen LogP contribution in [0.4, 0.5) is 17.1 Å². The molecule has 1 heteroatoms. The molecular weight excluding hydrogens is 494 g/mol. The number of fused-ring (bicyclic) bond motifs is 6. The van der Waals surface area contributed by atoms with Gasteiger partial charge in [-0.1, -0.05) is 127 Å². The number of nitrogens with zero attached hydrogens (tertiary/aromatic N) is 1. The Balaban J connectivity index is 1.37. The first-order valence-electron chi connectivity index (χ1n) is 14.1. The fraction of sp³-hybridized carbons (Fsp3) is 0. The summed E-state index contributed by atoms with van der Waals surface area (Å²) in [5, 5.41) is 10.1. The van der Waals surface area contributed by atoms with Crippen LogP contribution in [0.5, 0.6) is 0 Å². The molecule has 0 N–H and O–H groups in total. The van der Waals surface area contributed by atoms with E-state index in [1.807, 2.05) is 0 Å². The van der Waals surface area contributed by atoms with E-state index in [1.54, 1.807) is 0 Å². The first kappa shape index (κ1) is 23.5. The van der Waals surface area contributed by atoms with E-state index in [-0.39, 0.29) is 0 Å². The predicted molar refractivity (Wildman–Crippen MR) is 177 cm³/mol. The summed E-state index contributed by atoms with van der Waals surface area (Å²) in [5.41, 5.74) is 5.82. The monoisotopic (exact) mass is 521 g/mol. The van der Waals surface area contributed by atoms with Crippen molar-refractivity contribution in [1.82, 2.24) is 0 Å². The van der Waals surface area contributed by atoms with Gasteiger partial charge in [-0.2, -0.15) is 0 Å². The van der Waals surface area contributed by atoms with Gasteiger partial charge in [0.2, 0.25) is 0 Å². The molecule has 0 unspecified atom stereocenters. The third-order valence-electron chi connectivity index (χ3n) is 8.19. The molecule has 1 nitrogen and oxygen atoms in total. The van der Waals surface area contributed by atoms with Crippen LogP contribution in [0.25, 0.3) is 54.2 Å². The predicted octanol–water partition coefficient (Wildman–Crippen LogP) is 11.4. The van der Waals surface area contributed by atoms with Crippen molar-refractivity contribution in [1.29, 1.82) is 0 Å². The van der Waals surface area contributed by atoms with Gasteiger partial charge in [0.15, 0.2) is 0 Å². The molecule has 0 bridgehead atoms. The van der Waals surface area contributed by atoms with Crippen molar-refractivity contribution >= 4 is 60.2 Å². The smallest absolute Gasteiger partial charge is 0.0468 e. The fourth-order valence-electron chi connectivity index (χ4n) is 6.16. The van der Waals surface area contributed by atoms with E-state index < -0.39 is 0 Å². The van der Waals surface area contributed by atoms with Gasteiger partial charge < -0.3 is 4.90 Å². The minimum atomic E-state index is 1.13. The molecule has 0 fully saturated rings. The lowest BCUT2D eigenvalue weighted by Crippen LogP contribution is -2.10. The first-order chi connectivity index (χ1) is 20.3. The Kier molecular flexibility index (Phi) is 5.53. The van der Waals surface area contributed by atoms with E-state index in [2.05, 4.69) is 169 Å². The molecule has 0 radical (unpaired) electrons. The highest BCUT2D eigenvalue weighted by atomic mass is 15.1. The Bertz CT molecular complexity index is 2210. The Morgan fingerprint density at radius 1 is 0.268 bits per heavy atom. The van der Waals surface area contributed by atoms with Gasteiger partial charge in [-0.25, -0.2) is 0 Å². The Hall–Kier alpha value is -5.40. The molecule has 0 heterocycles. The Morgan fingerprint density at radius 2 is 0.829 bits per heavy atom. The highest BCUT2D eigenvalue weighted by Crippen LogP contribution is 2.40. The van der Waals surface area contributed by atoms with Crippen molar-refractivity contribution in [3.63, 3.8) is 0 Å². The number of anilines is 3. The quantitative estimate of drug-likeness (QED) is 0.208. The van der Waals surface area contributed by atoms with Gasteiger partial charge in [0.1, 0.15) is 0 Å². The van der Waals surface area contributed by atoms with Crippen LogP contribution in [-0.2, 0) is 0 Å². The van der Waals surface area contributed by atoms with Crippen molar-refractivity contribution in [2.75, 3.05) is 4.90 Å². The van der Waals surface area contributed by atoms with Gasteiger partial charge in [-0.15, -0.1) is 0 Å². The molecular formula is C40H27N. The maximum absolute atomic E-state index is 2.39. The summed E-state index contributed by atoms with van der Waals surface area (Å²) < 4.78 is 0. The van der Waals surface area contributed by atoms with Crippen LogP contribution in [0.1, 0.15) is 0 Å². The van der Waals surface area contributed by atoms with Crippen LogP contribution in [0, 0.1) is 0 Å². The van der Waals surface area contributed by atoms with Gasteiger partial charge in [0, 0.05) is 17.1 Å². The van der Waals surface area contributed by atoms with Gasteiger partial charge in [-0.3, -0.25) is 0 Å². The number of hydrogen-bond donors (Lipinski definition) is 0. The first-order valence-corrected chi connectivity index (χ1v) is 14.1. The van der Waals surface area contributed by atoms with Gasteiger partial charge in [0.05, 0.1) is 0 Å². The highest BCUT2D eigenvalue weighted by molar-refractivity contribution is 6.17. The molecule has 0 aliphatic carbocycles. The summed E-state index contributed by atoms with van der Waals surface area (Å²) in [5.74, 6) is 0. The van der Waals surface area contributed by atoms with Crippen molar-refractivity contribution in [2.24, 2.45) is 0 Å². The van der Waals surface area contributed by atoms with Gasteiger partial charge >= 0.3 is 0 Å². The second-order valence-electron chi connectivity index (χ2n) is 10.6. The minimum Gasteiger partial charge on any atom is -0.310 e. The second kappa shape index (κ2) is 9.66. The lowest BCUT2D eigenvalue weighted by Gasteiger charge is -2.27. The zero-order valence-electron chi connectivity index (χ0n) is 22.5. The maximum atomic E-state index is 2.39. The molecule has 0 spiro atoms. The summed E-state index contributed by atoms with van der Waals surface area (Å²) in [4.78, 5) is 2.39. The summed E-state index contributed by atoms with van der Waals surface area (Å²) in [7, 11) is 0. The Labute approximate surface area is 239 Å². The van der Waals surface area contributed by atoms with Crippen LogP contribution in [0.2, 0.25) is 0 Å². The fourth-order valence-corrected chi connectivity index (χ4v) is 6.16. The van der Waals surface area contributed by atoms with E-state index in [0.717, 1.165) is 17.1 Å². The van der Waals surface area contributed by atoms with Crippen LogP contribution in [0.15, 0.2) is 164 Å². The molecule has 0 aliphatic heterocycles. The molecule has 0 aromatic heterocycles. The minimum absolute atomic E-state index is 1.13. The summed E-state index contributed by atoms with van der Waals surface area (Å²) in [6.45, 7) is 0. The lowest BCUT2D eigenvalue weighted by molar-refractivity contribution is 1.29. The number of hydrogen-bond acceptors (Lipinski definition) is 1. The van der Waals surface area contributed by atoms with Crippen LogP contribution < -0.4 is 4.90 Å². The molecule has 0 atom stereocenters. The van der Waals surface area contributed by atoms with E-state index in [9.17, 15) is 0 Å². The van der Waals surface area contributed by atoms with Crippen molar-refractivity contribution in [3.05, 3.63) is 164 Å². The van der Waals surface area contributed by atoms with Crippen LogP contribution in [0.3, 0.4) is 0 Å². The molecule has 0 saturated heterocycles. The molecule has 0 aliphatic rings. The zero-order chi connectivity index (χ0) is 27.2. The van der Waals surface area contributed by atoms with Gasteiger partial charge in [-0.05, 0) is 90.6 Å². The number of benzene rings is 8. The SMILES string of the molecule is c1ccc(-c2cccc(N(c3ccc4ccccc4c3)c3ccc4ccc5c6ccccc6ccc5c4c3)c2)cc1. The molecule has 8 rings (SSSR count). The van der Waals surface area contributed by atoms with Crippen molar-refractivity contribution < 1.29 is 0 Å². The largest absolute Gasteiger partial charge is 0.310 e. The average molecular weight is 522 g/mol. The third kappa shape index (κ3) is 4.11. The van der Waals surface area contributed by atoms with E-state index in [0.29, 0.717) is 0 Å². The summed E-state index contributed by atoms with van der Waals surface area (Å²) in [6.07, 6.45) is 0. The van der Waals surface area contributed by atoms with E-state index in [1.165, 1.54) is 54.2 Å². The zero-order valence-corrected chi connectivity index (χ0v) is 22.5. The van der Waals surface area contributed by atoms with Crippen molar-refractivity contribution in [2.45, 2.75) is 0 Å². The molecule has 8 aromatic rings. The van der Waals surface area contributed by atoms with E-state index >= 15 is 0 Å². The van der Waals surface area contributed by atoms with Crippen molar-refractivity contribution in [3.8, 4) is 11.1 Å². The average Bonchev–Trinajstić information content (AvgIpc) is 3.05. The van der Waals surface area contributed by atoms with Gasteiger partial charge in [0.25, 0.3) is 0 Å². The molecule has 41 heavy (non-hydrogen) atoms.